The fourth-order valence-corrected chi connectivity index (χ4v) is 3.95. The molecule has 0 spiro atoms. The number of hydrogen-bond donors (Lipinski definition) is 1. The van der Waals surface area contributed by atoms with Crippen LogP contribution in [0.5, 0.6) is 0 Å². The molecule has 3 rings (SSSR count). The highest BCUT2D eigenvalue weighted by Crippen LogP contribution is 2.43. The first kappa shape index (κ1) is 16.4. The quantitative estimate of drug-likeness (QED) is 0.662. The normalized spacial score (nSPS) is 32.7. The fraction of sp³-hybridized carbons (Fsp3) is 0.588. The lowest BCUT2D eigenvalue weighted by Crippen LogP contribution is -2.51. The van der Waals surface area contributed by atoms with E-state index < -0.39 is 5.92 Å². The summed E-state index contributed by atoms with van der Waals surface area (Å²) in [6.07, 6.45) is 1.33. The first-order chi connectivity index (χ1) is 11.2. The third-order valence-corrected chi connectivity index (χ3v) is 4.88. The molecule has 1 aromatic rings. The van der Waals surface area contributed by atoms with Gasteiger partial charge in [0.05, 0.1) is 19.1 Å². The number of hydrogen-bond acceptors (Lipinski definition) is 5. The molecule has 5 nitrogen and oxygen atoms in total. The highest BCUT2D eigenvalue weighted by atomic mass is 19.1. The van der Waals surface area contributed by atoms with E-state index >= 15 is 0 Å². The van der Waals surface area contributed by atoms with Gasteiger partial charge in [0.15, 0.2) is 0 Å². The number of carbonyl (C=O) groups excluding carboxylic acids is 1. The van der Waals surface area contributed by atoms with E-state index in [9.17, 15) is 9.18 Å². The standard InChI is InChI=1S/C17H22FNO4/c1-21-9-23-14-8-10-7-12(11-5-3-4-6-13(11)18)15(16(14)19-10)17(20)22-2/h3-6,10,12,14-16,19H,7-9H2,1-2H3/t10?,12-,14?,15?,16?/m0/s1. The van der Waals surface area contributed by atoms with Crippen molar-refractivity contribution in [2.24, 2.45) is 5.92 Å². The van der Waals surface area contributed by atoms with Crippen molar-refractivity contribution in [3.63, 3.8) is 0 Å². The summed E-state index contributed by atoms with van der Waals surface area (Å²) in [5.41, 5.74) is 0.576. The third kappa shape index (κ3) is 3.11. The number of halogens is 1. The molecule has 2 aliphatic heterocycles. The van der Waals surface area contributed by atoms with Gasteiger partial charge < -0.3 is 19.5 Å². The number of fused-ring (bicyclic) bond motifs is 2. The molecular weight excluding hydrogens is 301 g/mol. The Morgan fingerprint density at radius 3 is 2.78 bits per heavy atom. The van der Waals surface area contributed by atoms with Gasteiger partial charge in [-0.05, 0) is 24.5 Å². The van der Waals surface area contributed by atoms with Gasteiger partial charge in [-0.2, -0.15) is 0 Å². The number of esters is 1. The van der Waals surface area contributed by atoms with E-state index in [1.54, 1.807) is 25.3 Å². The minimum Gasteiger partial charge on any atom is -0.469 e. The Hall–Kier alpha value is -1.50. The number of benzene rings is 1. The molecule has 0 radical (unpaired) electrons. The van der Waals surface area contributed by atoms with Crippen LogP contribution in [-0.4, -0.2) is 45.2 Å². The summed E-state index contributed by atoms with van der Waals surface area (Å²) >= 11 is 0. The van der Waals surface area contributed by atoms with E-state index in [-0.39, 0.29) is 42.7 Å². The van der Waals surface area contributed by atoms with Crippen molar-refractivity contribution in [2.45, 2.75) is 36.9 Å². The van der Waals surface area contributed by atoms with E-state index in [0.717, 1.165) is 6.42 Å². The maximum atomic E-state index is 14.3. The zero-order chi connectivity index (χ0) is 16.4. The Balaban J connectivity index is 1.91. The van der Waals surface area contributed by atoms with Crippen LogP contribution in [0.4, 0.5) is 4.39 Å². The van der Waals surface area contributed by atoms with Crippen molar-refractivity contribution >= 4 is 5.97 Å². The van der Waals surface area contributed by atoms with Gasteiger partial charge in [-0.15, -0.1) is 0 Å². The minimum atomic E-state index is -0.475. The summed E-state index contributed by atoms with van der Waals surface area (Å²) in [6.45, 7) is 0.174. The number of methoxy groups -OCH3 is 2. The van der Waals surface area contributed by atoms with E-state index in [0.29, 0.717) is 12.0 Å². The van der Waals surface area contributed by atoms with Gasteiger partial charge in [0.25, 0.3) is 0 Å². The molecule has 5 atom stereocenters. The predicted molar refractivity (Wildman–Crippen MR) is 81.3 cm³/mol. The van der Waals surface area contributed by atoms with Gasteiger partial charge in [-0.25, -0.2) is 4.39 Å². The van der Waals surface area contributed by atoms with Gasteiger partial charge in [-0.1, -0.05) is 18.2 Å². The molecule has 1 N–H and O–H groups in total. The van der Waals surface area contributed by atoms with E-state index in [1.165, 1.54) is 13.2 Å². The molecule has 0 aromatic heterocycles. The molecule has 4 unspecified atom stereocenters. The maximum Gasteiger partial charge on any atom is 0.310 e. The molecule has 0 saturated carbocycles. The smallest absolute Gasteiger partial charge is 0.310 e. The Morgan fingerprint density at radius 2 is 2.09 bits per heavy atom. The highest BCUT2D eigenvalue weighted by molar-refractivity contribution is 5.75. The van der Waals surface area contributed by atoms with Crippen LogP contribution < -0.4 is 5.32 Å². The number of piperidine rings is 1. The van der Waals surface area contributed by atoms with E-state index in [2.05, 4.69) is 5.32 Å². The van der Waals surface area contributed by atoms with Crippen LogP contribution in [0.25, 0.3) is 0 Å². The molecule has 1 aromatic carbocycles. The topological polar surface area (TPSA) is 56.8 Å². The van der Waals surface area contributed by atoms with Gasteiger partial charge in [-0.3, -0.25) is 4.79 Å². The lowest BCUT2D eigenvalue weighted by molar-refractivity contribution is -0.151. The van der Waals surface area contributed by atoms with E-state index in [4.69, 9.17) is 14.2 Å². The van der Waals surface area contributed by atoms with Crippen molar-refractivity contribution in [3.8, 4) is 0 Å². The number of carbonyl (C=O) groups is 1. The molecule has 6 heteroatoms. The number of rotatable bonds is 5. The molecule has 2 heterocycles. The summed E-state index contributed by atoms with van der Waals surface area (Å²) in [4.78, 5) is 12.4. The monoisotopic (exact) mass is 323 g/mol. The second-order valence-corrected chi connectivity index (χ2v) is 6.15. The average molecular weight is 323 g/mol. The zero-order valence-electron chi connectivity index (χ0n) is 13.3. The molecule has 2 aliphatic rings. The highest BCUT2D eigenvalue weighted by Gasteiger charge is 2.52. The second kappa shape index (κ2) is 6.95. The van der Waals surface area contributed by atoms with Crippen LogP contribution >= 0.6 is 0 Å². The zero-order valence-corrected chi connectivity index (χ0v) is 13.3. The van der Waals surface area contributed by atoms with Crippen LogP contribution in [0.3, 0.4) is 0 Å². The van der Waals surface area contributed by atoms with Crippen LogP contribution in [0.2, 0.25) is 0 Å². The van der Waals surface area contributed by atoms with Gasteiger partial charge >= 0.3 is 5.97 Å². The summed E-state index contributed by atoms with van der Waals surface area (Å²) in [5.74, 6) is -1.29. The van der Waals surface area contributed by atoms with Crippen LogP contribution in [-0.2, 0) is 19.0 Å². The number of nitrogens with one attached hydrogen (secondary N) is 1. The lowest BCUT2D eigenvalue weighted by atomic mass is 9.76. The third-order valence-electron chi connectivity index (χ3n) is 4.88. The van der Waals surface area contributed by atoms with Crippen LogP contribution in [0.1, 0.15) is 24.3 Å². The van der Waals surface area contributed by atoms with E-state index in [1.807, 2.05) is 0 Å². The number of ether oxygens (including phenoxy) is 3. The van der Waals surface area contributed by atoms with Crippen molar-refractivity contribution in [1.29, 1.82) is 0 Å². The maximum absolute atomic E-state index is 14.3. The van der Waals surface area contributed by atoms with Gasteiger partial charge in [0.2, 0.25) is 0 Å². The fourth-order valence-electron chi connectivity index (χ4n) is 3.95. The Labute approximate surface area is 135 Å². The van der Waals surface area contributed by atoms with Crippen molar-refractivity contribution in [2.75, 3.05) is 21.0 Å². The molecule has 2 bridgehead atoms. The molecule has 2 saturated heterocycles. The lowest BCUT2D eigenvalue weighted by Gasteiger charge is -2.37. The van der Waals surface area contributed by atoms with Gasteiger partial charge in [0, 0.05) is 25.1 Å². The SMILES string of the molecule is COCOC1CC2C[C@@H](c3ccccc3F)C(C(=O)OC)C1N2. The average Bonchev–Trinajstić information content (AvgIpc) is 2.88. The van der Waals surface area contributed by atoms with Crippen LogP contribution in [0.15, 0.2) is 24.3 Å². The Kier molecular flexibility index (Phi) is 4.94. The van der Waals surface area contributed by atoms with Crippen molar-refractivity contribution < 1.29 is 23.4 Å². The first-order valence-electron chi connectivity index (χ1n) is 7.84. The summed E-state index contributed by atoms with van der Waals surface area (Å²) in [6, 6.07) is 6.66. The molecule has 0 aliphatic carbocycles. The van der Waals surface area contributed by atoms with Crippen LogP contribution in [0, 0.1) is 11.7 Å². The predicted octanol–water partition coefficient (Wildman–Crippen LogP) is 1.82. The summed E-state index contributed by atoms with van der Waals surface area (Å²) in [7, 11) is 2.93. The Morgan fingerprint density at radius 1 is 1.30 bits per heavy atom. The molecule has 2 fully saturated rings. The Bertz CT molecular complexity index is 567. The first-order valence-corrected chi connectivity index (χ1v) is 7.84. The largest absolute Gasteiger partial charge is 0.469 e. The summed E-state index contributed by atoms with van der Waals surface area (Å²) < 4.78 is 30.0. The van der Waals surface area contributed by atoms with Gasteiger partial charge in [0.1, 0.15) is 12.6 Å². The minimum absolute atomic E-state index is 0.138. The molecule has 0 amide bonds. The second-order valence-electron chi connectivity index (χ2n) is 6.15. The molecular formula is C17H22FNO4. The van der Waals surface area contributed by atoms with Crippen molar-refractivity contribution in [1.82, 2.24) is 5.32 Å². The molecule has 126 valence electrons. The molecule has 23 heavy (non-hydrogen) atoms. The summed E-state index contributed by atoms with van der Waals surface area (Å²) in [5, 5.41) is 3.43. The van der Waals surface area contributed by atoms with Crippen molar-refractivity contribution in [3.05, 3.63) is 35.6 Å².